The standard InChI is InChI=1S/C37H60O3/c1-9-10-20-31-25-39-36-30(7)29(6)35-33(34(31)36)24-32(21-14-23-38)37(8,40-35)22-13-19-28(5)18-12-17-27(4)16-11-15-26(2)3/h23,25-28,32H,9-22,24H2,1-8H3. The highest BCUT2D eigenvalue weighted by Crippen LogP contribution is 2.48. The van der Waals surface area contributed by atoms with Gasteiger partial charge in [-0.2, -0.15) is 0 Å². The molecule has 226 valence electrons. The molecule has 0 amide bonds. The summed E-state index contributed by atoms with van der Waals surface area (Å²) in [5.41, 5.74) is 5.86. The van der Waals surface area contributed by atoms with Gasteiger partial charge in [-0.3, -0.25) is 0 Å². The zero-order valence-electron chi connectivity index (χ0n) is 27.3. The molecule has 1 aliphatic rings. The second-order valence-corrected chi connectivity index (χ2v) is 14.0. The summed E-state index contributed by atoms with van der Waals surface area (Å²) < 4.78 is 13.2. The molecule has 1 aromatic carbocycles. The van der Waals surface area contributed by atoms with Crippen LogP contribution in [0.3, 0.4) is 0 Å². The maximum absolute atomic E-state index is 11.4. The van der Waals surface area contributed by atoms with E-state index in [2.05, 4.69) is 55.4 Å². The topological polar surface area (TPSA) is 39.4 Å². The summed E-state index contributed by atoms with van der Waals surface area (Å²) in [6.45, 7) is 18.5. The molecule has 3 nitrogen and oxygen atoms in total. The highest BCUT2D eigenvalue weighted by Gasteiger charge is 2.42. The molecule has 0 bridgehead atoms. The fourth-order valence-electron chi connectivity index (χ4n) is 7.06. The second kappa shape index (κ2) is 15.5. The number of furan rings is 1. The molecular weight excluding hydrogens is 492 g/mol. The number of aryl methyl sites for hydroxylation is 2. The van der Waals surface area contributed by atoms with Crippen molar-refractivity contribution in [2.45, 2.75) is 157 Å². The van der Waals surface area contributed by atoms with Crippen molar-refractivity contribution in [3.05, 3.63) is 28.5 Å². The second-order valence-electron chi connectivity index (χ2n) is 14.0. The van der Waals surface area contributed by atoms with Crippen LogP contribution in [0.4, 0.5) is 0 Å². The van der Waals surface area contributed by atoms with Gasteiger partial charge in [0.25, 0.3) is 0 Å². The van der Waals surface area contributed by atoms with Gasteiger partial charge in [-0.15, -0.1) is 0 Å². The van der Waals surface area contributed by atoms with Crippen molar-refractivity contribution in [3.8, 4) is 5.75 Å². The number of rotatable bonds is 18. The van der Waals surface area contributed by atoms with Crippen LogP contribution in [0.5, 0.6) is 5.75 Å². The van der Waals surface area contributed by atoms with Gasteiger partial charge < -0.3 is 13.9 Å². The van der Waals surface area contributed by atoms with Gasteiger partial charge in [-0.1, -0.05) is 86.0 Å². The average molecular weight is 553 g/mol. The number of hydrogen-bond acceptors (Lipinski definition) is 3. The molecular formula is C37H60O3. The summed E-state index contributed by atoms with van der Waals surface area (Å²) in [6, 6.07) is 0. The number of carbonyl (C=O) groups is 1. The Kier molecular flexibility index (Phi) is 12.7. The Labute approximate surface area is 246 Å². The summed E-state index contributed by atoms with van der Waals surface area (Å²) in [6.07, 6.45) is 20.6. The molecule has 0 saturated carbocycles. The summed E-state index contributed by atoms with van der Waals surface area (Å²) >= 11 is 0. The first-order chi connectivity index (χ1) is 19.1. The molecule has 0 saturated heterocycles. The minimum absolute atomic E-state index is 0.237. The van der Waals surface area contributed by atoms with Crippen molar-refractivity contribution >= 4 is 17.3 Å². The third-order valence-electron chi connectivity index (χ3n) is 10.0. The molecule has 3 rings (SSSR count). The molecule has 1 aromatic heterocycles. The van der Waals surface area contributed by atoms with Crippen LogP contribution < -0.4 is 4.74 Å². The Morgan fingerprint density at radius 1 is 0.950 bits per heavy atom. The molecule has 0 fully saturated rings. The van der Waals surface area contributed by atoms with Crippen molar-refractivity contribution in [2.75, 3.05) is 0 Å². The minimum atomic E-state index is -0.237. The molecule has 0 N–H and O–H groups in total. The highest BCUT2D eigenvalue weighted by atomic mass is 16.5. The van der Waals surface area contributed by atoms with E-state index in [0.717, 1.165) is 61.1 Å². The van der Waals surface area contributed by atoms with Crippen LogP contribution >= 0.6 is 0 Å². The van der Waals surface area contributed by atoms with E-state index >= 15 is 0 Å². The first-order valence-corrected chi connectivity index (χ1v) is 16.8. The van der Waals surface area contributed by atoms with Crippen molar-refractivity contribution in [1.82, 2.24) is 0 Å². The first-order valence-electron chi connectivity index (χ1n) is 16.8. The van der Waals surface area contributed by atoms with Crippen molar-refractivity contribution < 1.29 is 13.9 Å². The van der Waals surface area contributed by atoms with E-state index in [4.69, 9.17) is 9.15 Å². The Morgan fingerprint density at radius 2 is 1.60 bits per heavy atom. The molecule has 40 heavy (non-hydrogen) atoms. The molecule has 0 radical (unpaired) electrons. The average Bonchev–Trinajstić information content (AvgIpc) is 3.33. The van der Waals surface area contributed by atoms with Crippen LogP contribution in [-0.4, -0.2) is 11.9 Å². The number of benzene rings is 1. The normalized spacial score (nSPS) is 20.5. The molecule has 2 aromatic rings. The van der Waals surface area contributed by atoms with Gasteiger partial charge in [0.2, 0.25) is 0 Å². The largest absolute Gasteiger partial charge is 0.487 e. The Balaban J connectivity index is 1.66. The third-order valence-corrected chi connectivity index (χ3v) is 10.0. The number of fused-ring (bicyclic) bond motifs is 3. The molecule has 0 aliphatic carbocycles. The van der Waals surface area contributed by atoms with E-state index in [1.807, 2.05) is 6.26 Å². The molecule has 2 heterocycles. The van der Waals surface area contributed by atoms with Crippen LogP contribution in [0.25, 0.3) is 11.0 Å². The van der Waals surface area contributed by atoms with Crippen molar-refractivity contribution in [2.24, 2.45) is 23.7 Å². The van der Waals surface area contributed by atoms with Gasteiger partial charge in [0.15, 0.2) is 0 Å². The van der Waals surface area contributed by atoms with E-state index in [-0.39, 0.29) is 5.60 Å². The zero-order valence-corrected chi connectivity index (χ0v) is 27.3. The summed E-state index contributed by atoms with van der Waals surface area (Å²) in [7, 11) is 0. The molecule has 4 atom stereocenters. The third kappa shape index (κ3) is 8.39. The fraction of sp³-hybridized carbons (Fsp3) is 0.757. The lowest BCUT2D eigenvalue weighted by molar-refractivity contribution is -0.108. The summed E-state index contributed by atoms with van der Waals surface area (Å²) in [5, 5.41) is 1.29. The van der Waals surface area contributed by atoms with Crippen molar-refractivity contribution in [3.63, 3.8) is 0 Å². The number of aldehydes is 1. The number of ether oxygens (including phenoxy) is 1. The van der Waals surface area contributed by atoms with Gasteiger partial charge in [-0.25, -0.2) is 0 Å². The van der Waals surface area contributed by atoms with Crippen LogP contribution in [0.2, 0.25) is 0 Å². The quantitative estimate of drug-likeness (QED) is 0.173. The van der Waals surface area contributed by atoms with E-state index in [1.165, 1.54) is 91.8 Å². The summed E-state index contributed by atoms with van der Waals surface area (Å²) in [5.74, 6) is 3.87. The lowest BCUT2D eigenvalue weighted by Gasteiger charge is -2.44. The zero-order chi connectivity index (χ0) is 29.3. The highest BCUT2D eigenvalue weighted by molar-refractivity contribution is 5.91. The van der Waals surface area contributed by atoms with E-state index in [9.17, 15) is 4.79 Å². The Bertz CT molecular complexity index is 1060. The minimum Gasteiger partial charge on any atom is -0.487 e. The maximum atomic E-state index is 11.4. The lowest BCUT2D eigenvalue weighted by Crippen LogP contribution is -2.45. The Morgan fingerprint density at radius 3 is 2.23 bits per heavy atom. The van der Waals surface area contributed by atoms with Gasteiger partial charge in [-0.05, 0) is 93.7 Å². The lowest BCUT2D eigenvalue weighted by atomic mass is 9.74. The first kappa shape index (κ1) is 32.7. The van der Waals surface area contributed by atoms with E-state index in [0.29, 0.717) is 12.3 Å². The smallest absolute Gasteiger partial charge is 0.137 e. The van der Waals surface area contributed by atoms with Crippen LogP contribution in [0.1, 0.15) is 147 Å². The van der Waals surface area contributed by atoms with Gasteiger partial charge in [0.1, 0.15) is 23.2 Å². The van der Waals surface area contributed by atoms with Gasteiger partial charge in [0, 0.05) is 23.3 Å². The number of carbonyl (C=O) groups excluding carboxylic acids is 1. The Hall–Kier alpha value is -1.77. The summed E-state index contributed by atoms with van der Waals surface area (Å²) in [4.78, 5) is 11.4. The monoisotopic (exact) mass is 552 g/mol. The van der Waals surface area contributed by atoms with E-state index < -0.39 is 0 Å². The molecule has 1 aliphatic heterocycles. The van der Waals surface area contributed by atoms with Crippen LogP contribution in [0.15, 0.2) is 10.7 Å². The fourth-order valence-corrected chi connectivity index (χ4v) is 7.06. The number of unbranched alkanes of at least 4 members (excludes halogenated alkanes) is 1. The predicted molar refractivity (Wildman–Crippen MR) is 171 cm³/mol. The van der Waals surface area contributed by atoms with Gasteiger partial charge >= 0.3 is 0 Å². The predicted octanol–water partition coefficient (Wildman–Crippen LogP) is 11.1. The number of hydrogen-bond donors (Lipinski definition) is 0. The molecule has 0 spiro atoms. The molecule has 4 unspecified atom stereocenters. The SMILES string of the molecule is CCCCc1coc2c(C)c(C)c3c(c12)CC(CCC=O)C(C)(CCCC(C)CCCC(C)CCCC(C)C)O3. The van der Waals surface area contributed by atoms with Crippen LogP contribution in [-0.2, 0) is 17.6 Å². The van der Waals surface area contributed by atoms with Gasteiger partial charge in [0.05, 0.1) is 6.26 Å². The molecule has 3 heteroatoms. The maximum Gasteiger partial charge on any atom is 0.137 e. The van der Waals surface area contributed by atoms with Crippen molar-refractivity contribution in [1.29, 1.82) is 0 Å². The van der Waals surface area contributed by atoms with Crippen LogP contribution in [0, 0.1) is 37.5 Å². The van der Waals surface area contributed by atoms with E-state index in [1.54, 1.807) is 0 Å².